The van der Waals surface area contributed by atoms with Crippen LogP contribution in [0.15, 0.2) is 18.2 Å². The van der Waals surface area contributed by atoms with Crippen molar-refractivity contribution in [3.8, 4) is 5.75 Å². The van der Waals surface area contributed by atoms with Crippen LogP contribution in [-0.4, -0.2) is 31.8 Å². The molecule has 1 aromatic carbocycles. The average molecular weight is 254 g/mol. The first kappa shape index (κ1) is 14.4. The van der Waals surface area contributed by atoms with Crippen molar-refractivity contribution >= 4 is 5.69 Å². The molecule has 0 amide bonds. The number of nitro benzene ring substituents is 1. The molecule has 0 aliphatic rings. The van der Waals surface area contributed by atoms with E-state index < -0.39 is 4.92 Å². The van der Waals surface area contributed by atoms with E-state index in [4.69, 9.17) is 15.2 Å². The summed E-state index contributed by atoms with van der Waals surface area (Å²) in [7, 11) is 3.08. The van der Waals surface area contributed by atoms with Crippen molar-refractivity contribution in [2.45, 2.75) is 18.9 Å². The van der Waals surface area contributed by atoms with Crippen molar-refractivity contribution < 1.29 is 14.4 Å². The van der Waals surface area contributed by atoms with Gasteiger partial charge in [-0.3, -0.25) is 10.1 Å². The van der Waals surface area contributed by atoms with Crippen molar-refractivity contribution in [3.05, 3.63) is 33.9 Å². The summed E-state index contributed by atoms with van der Waals surface area (Å²) in [6, 6.07) is 4.66. The largest absolute Gasteiger partial charge is 0.496 e. The fourth-order valence-corrected chi connectivity index (χ4v) is 1.66. The smallest absolute Gasteiger partial charge is 0.273 e. The van der Waals surface area contributed by atoms with E-state index in [2.05, 4.69) is 0 Å². The van der Waals surface area contributed by atoms with Crippen LogP contribution in [0.2, 0.25) is 0 Å². The molecule has 0 aliphatic carbocycles. The Balaban J connectivity index is 2.75. The number of rotatable bonds is 7. The number of aryl methyl sites for hydroxylation is 1. The molecule has 0 bridgehead atoms. The lowest BCUT2D eigenvalue weighted by molar-refractivity contribution is -0.385. The molecule has 0 aromatic heterocycles. The van der Waals surface area contributed by atoms with Gasteiger partial charge in [-0.15, -0.1) is 0 Å². The fraction of sp³-hybridized carbons (Fsp3) is 0.500. The first-order valence-corrected chi connectivity index (χ1v) is 5.63. The zero-order valence-corrected chi connectivity index (χ0v) is 10.6. The summed E-state index contributed by atoms with van der Waals surface area (Å²) in [5.41, 5.74) is 6.68. The van der Waals surface area contributed by atoms with Gasteiger partial charge in [0.15, 0.2) is 0 Å². The highest BCUT2D eigenvalue weighted by atomic mass is 16.6. The van der Waals surface area contributed by atoms with E-state index in [9.17, 15) is 10.1 Å². The minimum atomic E-state index is -0.429. The zero-order chi connectivity index (χ0) is 13.5. The SMILES string of the molecule is COCC(N)CCc1cc(OC)cc([N+](=O)[O-])c1. The van der Waals surface area contributed by atoms with E-state index in [1.54, 1.807) is 19.2 Å². The third-order valence-electron chi connectivity index (χ3n) is 2.58. The number of nitrogens with two attached hydrogens (primary N) is 1. The predicted octanol–water partition coefficient (Wildman–Crippen LogP) is 1.51. The topological polar surface area (TPSA) is 87.6 Å². The average Bonchev–Trinajstić information content (AvgIpc) is 2.36. The maximum atomic E-state index is 10.8. The van der Waals surface area contributed by atoms with Gasteiger partial charge in [-0.2, -0.15) is 0 Å². The number of ether oxygens (including phenoxy) is 2. The van der Waals surface area contributed by atoms with Crippen LogP contribution >= 0.6 is 0 Å². The van der Waals surface area contributed by atoms with E-state index in [-0.39, 0.29) is 11.7 Å². The highest BCUT2D eigenvalue weighted by molar-refractivity contribution is 5.42. The monoisotopic (exact) mass is 254 g/mol. The van der Waals surface area contributed by atoms with Gasteiger partial charge in [0.05, 0.1) is 24.7 Å². The Bertz CT molecular complexity index is 409. The first-order chi connectivity index (χ1) is 8.56. The van der Waals surface area contributed by atoms with Crippen LogP contribution in [0.5, 0.6) is 5.75 Å². The maximum absolute atomic E-state index is 10.8. The number of nitro groups is 1. The highest BCUT2D eigenvalue weighted by Gasteiger charge is 2.11. The third-order valence-corrected chi connectivity index (χ3v) is 2.58. The molecule has 2 N–H and O–H groups in total. The molecular weight excluding hydrogens is 236 g/mol. The summed E-state index contributed by atoms with van der Waals surface area (Å²) in [6.07, 6.45) is 1.36. The lowest BCUT2D eigenvalue weighted by Crippen LogP contribution is -2.26. The Morgan fingerprint density at radius 2 is 2.11 bits per heavy atom. The van der Waals surface area contributed by atoms with E-state index in [0.717, 1.165) is 5.56 Å². The Labute approximate surface area is 106 Å². The molecule has 1 unspecified atom stereocenters. The summed E-state index contributed by atoms with van der Waals surface area (Å²) in [5.74, 6) is 0.486. The first-order valence-electron chi connectivity index (χ1n) is 5.63. The maximum Gasteiger partial charge on any atom is 0.273 e. The molecule has 0 saturated heterocycles. The van der Waals surface area contributed by atoms with Gasteiger partial charge in [0.2, 0.25) is 0 Å². The normalized spacial score (nSPS) is 12.2. The van der Waals surface area contributed by atoms with Gasteiger partial charge in [0.1, 0.15) is 5.75 Å². The van der Waals surface area contributed by atoms with Crippen molar-refractivity contribution in [1.29, 1.82) is 0 Å². The number of hydrogen-bond acceptors (Lipinski definition) is 5. The lowest BCUT2D eigenvalue weighted by Gasteiger charge is -2.10. The van der Waals surface area contributed by atoms with Crippen molar-refractivity contribution in [2.24, 2.45) is 5.73 Å². The van der Waals surface area contributed by atoms with Gasteiger partial charge < -0.3 is 15.2 Å². The van der Waals surface area contributed by atoms with Crippen LogP contribution in [0, 0.1) is 10.1 Å². The number of non-ortho nitro benzene ring substituents is 1. The van der Waals surface area contributed by atoms with Crippen molar-refractivity contribution in [3.63, 3.8) is 0 Å². The Hall–Kier alpha value is -1.66. The molecule has 0 radical (unpaired) electrons. The second-order valence-electron chi connectivity index (χ2n) is 4.05. The lowest BCUT2D eigenvalue weighted by atomic mass is 10.1. The molecular formula is C12H18N2O4. The predicted molar refractivity (Wildman–Crippen MR) is 67.8 cm³/mol. The van der Waals surface area contributed by atoms with E-state index in [1.165, 1.54) is 13.2 Å². The minimum absolute atomic E-state index is 0.0321. The molecule has 1 rings (SSSR count). The molecule has 100 valence electrons. The molecule has 6 nitrogen and oxygen atoms in total. The summed E-state index contributed by atoms with van der Waals surface area (Å²) in [5, 5.41) is 10.8. The highest BCUT2D eigenvalue weighted by Crippen LogP contribution is 2.23. The molecule has 6 heteroatoms. The second kappa shape index (κ2) is 6.93. The third kappa shape index (κ3) is 4.31. The standard InChI is InChI=1S/C12H18N2O4/c1-17-8-10(13)4-3-9-5-11(14(15)16)7-12(6-9)18-2/h5-7,10H,3-4,8,13H2,1-2H3. The molecule has 0 aliphatic heterocycles. The van der Waals surface area contributed by atoms with Gasteiger partial charge in [-0.25, -0.2) is 0 Å². The summed E-state index contributed by atoms with van der Waals surface area (Å²) >= 11 is 0. The number of nitrogens with zero attached hydrogens (tertiary/aromatic N) is 1. The Kier molecular flexibility index (Phi) is 5.54. The zero-order valence-electron chi connectivity index (χ0n) is 10.6. The quantitative estimate of drug-likeness (QED) is 0.588. The van der Waals surface area contributed by atoms with Gasteiger partial charge >= 0.3 is 0 Å². The van der Waals surface area contributed by atoms with Gasteiger partial charge in [0.25, 0.3) is 5.69 Å². The van der Waals surface area contributed by atoms with E-state index >= 15 is 0 Å². The van der Waals surface area contributed by atoms with Crippen LogP contribution in [-0.2, 0) is 11.2 Å². The van der Waals surface area contributed by atoms with Gasteiger partial charge in [-0.1, -0.05) is 0 Å². The van der Waals surface area contributed by atoms with Crippen LogP contribution in [0.25, 0.3) is 0 Å². The van der Waals surface area contributed by atoms with Crippen LogP contribution in [0.1, 0.15) is 12.0 Å². The molecule has 0 saturated carbocycles. The van der Waals surface area contributed by atoms with Crippen molar-refractivity contribution in [2.75, 3.05) is 20.8 Å². The molecule has 1 aromatic rings. The van der Waals surface area contributed by atoms with Crippen LogP contribution in [0.3, 0.4) is 0 Å². The molecule has 1 atom stereocenters. The minimum Gasteiger partial charge on any atom is -0.496 e. The van der Waals surface area contributed by atoms with Crippen LogP contribution in [0.4, 0.5) is 5.69 Å². The van der Waals surface area contributed by atoms with Crippen molar-refractivity contribution in [1.82, 2.24) is 0 Å². The van der Waals surface area contributed by atoms with Crippen LogP contribution < -0.4 is 10.5 Å². The second-order valence-corrected chi connectivity index (χ2v) is 4.05. The number of methoxy groups -OCH3 is 2. The Morgan fingerprint density at radius 3 is 2.67 bits per heavy atom. The summed E-state index contributed by atoms with van der Waals surface area (Å²) < 4.78 is 9.98. The molecule has 0 heterocycles. The number of benzene rings is 1. The summed E-state index contributed by atoms with van der Waals surface area (Å²) in [6.45, 7) is 0.478. The van der Waals surface area contributed by atoms with E-state index in [1.807, 2.05) is 0 Å². The fourth-order valence-electron chi connectivity index (χ4n) is 1.66. The van der Waals surface area contributed by atoms with Gasteiger partial charge in [0, 0.05) is 19.2 Å². The molecule has 0 spiro atoms. The number of hydrogen-bond donors (Lipinski definition) is 1. The Morgan fingerprint density at radius 1 is 1.39 bits per heavy atom. The summed E-state index contributed by atoms with van der Waals surface area (Å²) in [4.78, 5) is 10.3. The molecule has 0 fully saturated rings. The molecule has 18 heavy (non-hydrogen) atoms. The van der Waals surface area contributed by atoms with Gasteiger partial charge in [-0.05, 0) is 24.5 Å². The van der Waals surface area contributed by atoms with E-state index in [0.29, 0.717) is 25.2 Å².